The van der Waals surface area contributed by atoms with Crippen LogP contribution in [0.4, 0.5) is 0 Å². The summed E-state index contributed by atoms with van der Waals surface area (Å²) >= 11 is 6.27. The molecular weight excluding hydrogens is 1540 g/mol. The Morgan fingerprint density at radius 3 is 1.61 bits per heavy atom. The largest absolute Gasteiger partial charge is 0.394 e. The van der Waals surface area contributed by atoms with E-state index < -0.39 is 156 Å². The Balaban J connectivity index is 1.16. The monoisotopic (exact) mass is 1650 g/mol. The second-order valence-corrected chi connectivity index (χ2v) is 30.2. The van der Waals surface area contributed by atoms with Crippen molar-refractivity contribution in [1.82, 2.24) is 94.0 Å². The van der Waals surface area contributed by atoms with E-state index in [2.05, 4.69) is 89.1 Å². The van der Waals surface area contributed by atoms with Gasteiger partial charge in [0.05, 0.1) is 19.3 Å². The molecule has 0 bridgehead atoms. The number of fused-ring (bicyclic) bond motifs is 1. The lowest BCUT2D eigenvalue weighted by atomic mass is 9.99. The Kier molecular flexibility index (Phi) is 38.4. The highest BCUT2D eigenvalue weighted by Gasteiger charge is 2.40. The predicted octanol–water partition coefficient (Wildman–Crippen LogP) is 1.50. The van der Waals surface area contributed by atoms with Gasteiger partial charge in [-0.1, -0.05) is 106 Å². The van der Waals surface area contributed by atoms with Crippen LogP contribution in [0, 0.1) is 5.92 Å². The van der Waals surface area contributed by atoms with Gasteiger partial charge in [0.15, 0.2) is 0 Å². The average molecular weight is 1650 g/mol. The van der Waals surface area contributed by atoms with E-state index in [1.807, 2.05) is 56.3 Å². The molecule has 1 aliphatic heterocycles. The molecule has 0 radical (unpaired) electrons. The molecule has 4 heterocycles. The van der Waals surface area contributed by atoms with Crippen LogP contribution in [0.5, 0.6) is 0 Å². The molecule has 6 aromatic rings. The van der Waals surface area contributed by atoms with Crippen molar-refractivity contribution in [1.29, 1.82) is 0 Å². The number of rotatable bonds is 48. The van der Waals surface area contributed by atoms with Gasteiger partial charge in [-0.2, -0.15) is 0 Å². The first kappa shape index (κ1) is 93.3. The van der Waals surface area contributed by atoms with Crippen LogP contribution in [-0.2, 0) is 76.8 Å². The maximum atomic E-state index is 15.2. The number of aromatic nitrogens is 4. The Morgan fingerprint density at radius 2 is 1.02 bits per heavy atom. The van der Waals surface area contributed by atoms with E-state index >= 15 is 9.59 Å². The van der Waals surface area contributed by atoms with E-state index in [9.17, 15) is 62.6 Å². The maximum absolute atomic E-state index is 15.2. The first-order valence-corrected chi connectivity index (χ1v) is 40.2. The Hall–Kier alpha value is -11.9. The summed E-state index contributed by atoms with van der Waals surface area (Å²) in [5.74, 6) is -10.9. The third kappa shape index (κ3) is 31.6. The van der Waals surface area contributed by atoms with Crippen LogP contribution in [0.2, 0.25) is 5.02 Å². The molecule has 3 aromatic carbocycles. The lowest BCUT2D eigenvalue weighted by molar-refractivity contribution is -0.142. The number of aliphatic hydroxyl groups excluding tert-OH is 1. The number of hydrogen-bond donors (Lipinski definition) is 15. The summed E-state index contributed by atoms with van der Waals surface area (Å²) in [5, 5.41) is 48.9. The lowest BCUT2D eigenvalue weighted by Gasteiger charge is -2.31. The summed E-state index contributed by atoms with van der Waals surface area (Å²) in [7, 11) is 0. The highest BCUT2D eigenvalue weighted by molar-refractivity contribution is 6.30. The molecule has 16 N–H and O–H groups in total. The van der Waals surface area contributed by atoms with Crippen LogP contribution in [0.3, 0.4) is 0 Å². The molecule has 10 atom stereocenters. The molecule has 634 valence electrons. The first-order valence-electron chi connectivity index (χ1n) is 39.8. The number of nitrogens with two attached hydrogens (primary N) is 1. The van der Waals surface area contributed by atoms with Crippen molar-refractivity contribution in [3.05, 3.63) is 167 Å². The second-order valence-electron chi connectivity index (χ2n) is 29.8. The normalized spacial score (nSPS) is 14.7. The quantitative estimate of drug-likeness (QED) is 0.0241. The van der Waals surface area contributed by atoms with Gasteiger partial charge in [0.2, 0.25) is 70.9 Å². The highest BCUT2D eigenvalue weighted by Crippen LogP contribution is 2.23. The number of carbonyl (C=O) groups is 14. The molecule has 0 aliphatic carbocycles. The van der Waals surface area contributed by atoms with Gasteiger partial charge in [-0.25, -0.2) is 4.98 Å². The average Bonchev–Trinajstić information content (AvgIpc) is 1.63. The predicted molar refractivity (Wildman–Crippen MR) is 439 cm³/mol. The molecule has 1 fully saturated rings. The number of nitrogens with zero attached hydrogens (tertiary/aromatic N) is 5. The van der Waals surface area contributed by atoms with Gasteiger partial charge < -0.3 is 84.9 Å². The molecule has 14 amide bonds. The van der Waals surface area contributed by atoms with Crippen LogP contribution in [0.25, 0.3) is 10.8 Å². The van der Waals surface area contributed by atoms with Gasteiger partial charge in [-0.15, -0.1) is 0 Å². The van der Waals surface area contributed by atoms with Crippen LogP contribution in [0.15, 0.2) is 134 Å². The van der Waals surface area contributed by atoms with Crippen molar-refractivity contribution < 1.29 is 72.2 Å². The van der Waals surface area contributed by atoms with Crippen LogP contribution < -0.4 is 74.9 Å². The molecule has 7 rings (SSSR count). The molecule has 3 aromatic heterocycles. The van der Waals surface area contributed by atoms with Gasteiger partial charge in [-0.3, -0.25) is 82.1 Å². The van der Waals surface area contributed by atoms with E-state index in [4.69, 9.17) is 17.3 Å². The van der Waals surface area contributed by atoms with Crippen molar-refractivity contribution >= 4 is 105 Å². The standard InChI is InChI=1S/C83H110ClN19O15/c1-50(2)41-64(77(112)98-63(25-12-13-34-88-51(3)4)83(118)103-40-18-26-70(103)82(117)94-52(5)72(85)107)99-76(111)62(24-11-16-37-92-73(108)60-22-9-14-35-89-60)96-75(110)61(23-10-15-36-91-71(106)48-93-74(109)68-47-87-38-39-90-68)97-81(116)69(49-104)102-80(115)67(45-56-19-17-33-86-46-56)101-79(114)66(43-54-28-31-59(84)32-29-54)100-78(113)65(95-53(6)105)44-55-27-30-57-20-7-8-21-58(57)42-55/h7-9,14,17,19-22,27-33,35,38-39,42,46-47,50-52,61-67,69-70,88,104H,10-13,15-16,18,23-26,34,36-37,40-41,43-45,48-49H2,1-6H3,(H2,85,107)(H,91,106)(H,92,108)(H,93,109)(H,94,117)(H,95,105)(H,96,110)(H,97,116)(H,98,112)(H,99,111)(H,100,113)(H,101,114)(H,102,115)/t52-,61+,62-,63+,64+,65-,66-,67-,69+,70+/m1/s1. The second kappa shape index (κ2) is 48.6. The number of aliphatic hydroxyl groups is 1. The van der Waals surface area contributed by atoms with E-state index in [0.29, 0.717) is 47.5 Å². The number of primary amides is 1. The Labute approximate surface area is 690 Å². The fourth-order valence-corrected chi connectivity index (χ4v) is 13.3. The third-order valence-electron chi connectivity index (χ3n) is 19.4. The molecule has 0 saturated carbocycles. The summed E-state index contributed by atoms with van der Waals surface area (Å²) in [5.41, 5.74) is 7.23. The molecule has 0 spiro atoms. The SMILES string of the molecule is CC(=O)N[C@H](Cc1ccc2ccccc2c1)C(=O)N[C@H](Cc1ccc(Cl)cc1)C(=O)N[C@H](Cc1cccnc1)C(=O)N[C@@H](CO)C(=O)N[C@@H](CCCCNC(=O)CNC(=O)c1cnccn1)C(=O)N[C@H](CCCCNC(=O)c1ccccn1)C(=O)N[C@@H](CC(C)C)C(=O)N[C@@H](CCCCNC(C)C)C(=O)N1CCC[C@H]1C(=O)N[C@H](C)C(N)=O. The van der Waals surface area contributed by atoms with Crippen LogP contribution in [0.1, 0.15) is 156 Å². The smallest absolute Gasteiger partial charge is 0.271 e. The Morgan fingerprint density at radius 1 is 0.492 bits per heavy atom. The molecule has 1 aliphatic rings. The lowest BCUT2D eigenvalue weighted by Crippen LogP contribution is -2.61. The highest BCUT2D eigenvalue weighted by atomic mass is 35.5. The summed E-state index contributed by atoms with van der Waals surface area (Å²) in [6.45, 7) is 9.52. The number of unbranched alkanes of at least 4 members (excludes halogenated alkanes) is 3. The molecule has 35 heteroatoms. The fourth-order valence-electron chi connectivity index (χ4n) is 13.1. The number of pyridine rings is 2. The zero-order chi connectivity index (χ0) is 85.6. The third-order valence-corrected chi connectivity index (χ3v) is 19.7. The maximum Gasteiger partial charge on any atom is 0.271 e. The Bertz CT molecular complexity index is 4360. The minimum atomic E-state index is -1.87. The molecular formula is C83H110ClN19O15. The number of likely N-dealkylation sites (tertiary alicyclic amines) is 1. The number of amides is 14. The summed E-state index contributed by atoms with van der Waals surface area (Å²) in [6, 6.07) is 14.0. The van der Waals surface area contributed by atoms with Gasteiger partial charge in [0, 0.05) is 87.9 Å². The fraction of sp³-hybridized carbons (Fsp3) is 0.470. The molecule has 118 heavy (non-hydrogen) atoms. The van der Waals surface area contributed by atoms with Gasteiger partial charge >= 0.3 is 0 Å². The van der Waals surface area contributed by atoms with Crippen molar-refractivity contribution in [3.63, 3.8) is 0 Å². The number of hydrogen-bond acceptors (Lipinski definition) is 20. The van der Waals surface area contributed by atoms with Crippen molar-refractivity contribution in [2.45, 2.75) is 204 Å². The van der Waals surface area contributed by atoms with Gasteiger partial charge in [-0.05, 0) is 154 Å². The summed E-state index contributed by atoms with van der Waals surface area (Å²) in [6.07, 6.45) is 9.97. The minimum Gasteiger partial charge on any atom is -0.394 e. The molecule has 0 unspecified atom stereocenters. The van der Waals surface area contributed by atoms with E-state index in [1.54, 1.807) is 62.4 Å². The minimum absolute atomic E-state index is 0.00927. The number of benzene rings is 3. The number of carbonyl (C=O) groups excluding carboxylic acids is 14. The van der Waals surface area contributed by atoms with Crippen molar-refractivity contribution in [2.24, 2.45) is 11.7 Å². The zero-order valence-corrected chi connectivity index (χ0v) is 68.1. The molecule has 34 nitrogen and oxygen atoms in total. The van der Waals surface area contributed by atoms with Crippen molar-refractivity contribution in [2.75, 3.05) is 39.3 Å². The van der Waals surface area contributed by atoms with Crippen LogP contribution in [-0.4, -0.2) is 218 Å². The topological polar surface area (TPSA) is 496 Å². The number of halogens is 1. The van der Waals surface area contributed by atoms with Gasteiger partial charge in [0.1, 0.15) is 71.8 Å². The van der Waals surface area contributed by atoms with Crippen LogP contribution >= 0.6 is 11.6 Å². The first-order chi connectivity index (χ1) is 56.5. The van der Waals surface area contributed by atoms with E-state index in [0.717, 1.165) is 10.8 Å². The summed E-state index contributed by atoms with van der Waals surface area (Å²) < 4.78 is 0. The molecule has 1 saturated heterocycles. The van der Waals surface area contributed by atoms with Gasteiger partial charge in [0.25, 0.3) is 11.8 Å². The zero-order valence-electron chi connectivity index (χ0n) is 67.3. The van der Waals surface area contributed by atoms with E-state index in [-0.39, 0.29) is 120 Å². The summed E-state index contributed by atoms with van der Waals surface area (Å²) in [4.78, 5) is 214. The van der Waals surface area contributed by atoms with Crippen molar-refractivity contribution in [3.8, 4) is 0 Å². The van der Waals surface area contributed by atoms with E-state index in [1.165, 1.54) is 62.0 Å². The number of nitrogens with one attached hydrogen (secondary N) is 13.